The second kappa shape index (κ2) is 11.8. The first-order valence-corrected chi connectivity index (χ1v) is 13.8. The minimum atomic E-state index is -0.844. The summed E-state index contributed by atoms with van der Waals surface area (Å²) < 4.78 is 34.6. The van der Waals surface area contributed by atoms with Gasteiger partial charge in [0.2, 0.25) is 5.82 Å². The normalized spacial score (nSPS) is 32.2. The topological polar surface area (TPSA) is 9.23 Å². The van der Waals surface area contributed by atoms with Crippen molar-refractivity contribution in [3.63, 3.8) is 0 Å². The van der Waals surface area contributed by atoms with Crippen molar-refractivity contribution in [2.75, 3.05) is 6.61 Å². The summed E-state index contributed by atoms with van der Waals surface area (Å²) >= 11 is 0. The van der Waals surface area contributed by atoms with Crippen LogP contribution in [0, 0.1) is 41.2 Å². The molecule has 0 aliphatic heterocycles. The Morgan fingerprint density at radius 2 is 1.45 bits per heavy atom. The Hall–Kier alpha value is -1.38. The van der Waals surface area contributed by atoms with Gasteiger partial charge in [-0.25, -0.2) is 4.39 Å². The van der Waals surface area contributed by atoms with Gasteiger partial charge in [0.25, 0.3) is 0 Å². The Balaban J connectivity index is 1.25. The molecule has 3 heteroatoms. The van der Waals surface area contributed by atoms with E-state index in [0.29, 0.717) is 11.5 Å². The van der Waals surface area contributed by atoms with Gasteiger partial charge in [-0.3, -0.25) is 0 Å². The highest BCUT2D eigenvalue weighted by atomic mass is 19.2. The largest absolute Gasteiger partial charge is 0.486 e. The van der Waals surface area contributed by atoms with E-state index in [9.17, 15) is 8.78 Å². The van der Waals surface area contributed by atoms with E-state index in [-0.39, 0.29) is 18.3 Å². The molecule has 0 heterocycles. The lowest BCUT2D eigenvalue weighted by Gasteiger charge is -2.43. The molecule has 3 saturated carbocycles. The molecule has 3 fully saturated rings. The molecule has 4 rings (SSSR count). The van der Waals surface area contributed by atoms with Gasteiger partial charge < -0.3 is 4.74 Å². The van der Waals surface area contributed by atoms with Crippen LogP contribution in [0.25, 0.3) is 0 Å². The molecule has 3 aliphatic rings. The van der Waals surface area contributed by atoms with Crippen LogP contribution in [0.4, 0.5) is 8.78 Å². The lowest BCUT2D eigenvalue weighted by molar-refractivity contribution is 0.108. The zero-order valence-corrected chi connectivity index (χ0v) is 20.7. The average Bonchev–Trinajstić information content (AvgIpc) is 2.84. The van der Waals surface area contributed by atoms with Crippen molar-refractivity contribution in [1.82, 2.24) is 0 Å². The fraction of sp³-hybridized carbons (Fsp3) is 0.733. The van der Waals surface area contributed by atoms with Crippen LogP contribution in [0.5, 0.6) is 5.75 Å². The summed E-state index contributed by atoms with van der Waals surface area (Å²) in [7, 11) is 0. The first kappa shape index (κ1) is 24.7. The van der Waals surface area contributed by atoms with Crippen molar-refractivity contribution in [3.8, 4) is 5.75 Å². The van der Waals surface area contributed by atoms with E-state index >= 15 is 0 Å². The third-order valence-corrected chi connectivity index (χ3v) is 9.24. The van der Waals surface area contributed by atoms with Gasteiger partial charge in [-0.2, -0.15) is 4.39 Å². The smallest absolute Gasteiger partial charge is 0.200 e. The summed E-state index contributed by atoms with van der Waals surface area (Å²) in [6.45, 7) is 6.07. The van der Waals surface area contributed by atoms with Crippen molar-refractivity contribution in [3.05, 3.63) is 42.0 Å². The highest BCUT2D eigenvalue weighted by molar-refractivity contribution is 5.33. The summed E-state index contributed by atoms with van der Waals surface area (Å²) in [6, 6.07) is 3.35. The molecule has 0 N–H and O–H groups in total. The molecule has 0 spiro atoms. The van der Waals surface area contributed by atoms with E-state index in [4.69, 9.17) is 4.74 Å². The number of halogens is 2. The van der Waals surface area contributed by atoms with Crippen LogP contribution in [0.15, 0.2) is 24.8 Å². The summed E-state index contributed by atoms with van der Waals surface area (Å²) in [4.78, 5) is 0. The molecule has 1 aromatic carbocycles. The van der Waals surface area contributed by atoms with Crippen LogP contribution in [0.3, 0.4) is 0 Å². The van der Waals surface area contributed by atoms with Gasteiger partial charge in [0.1, 0.15) is 6.61 Å². The van der Waals surface area contributed by atoms with Gasteiger partial charge in [-0.05, 0) is 79.2 Å². The molecule has 33 heavy (non-hydrogen) atoms. The molecule has 0 bridgehead atoms. The highest BCUT2D eigenvalue weighted by Crippen LogP contribution is 2.49. The summed E-state index contributed by atoms with van der Waals surface area (Å²) in [5.41, 5.74) is 0.553. The first-order chi connectivity index (χ1) is 16.1. The second-order valence-corrected chi connectivity index (χ2v) is 11.3. The van der Waals surface area contributed by atoms with Crippen molar-refractivity contribution >= 4 is 0 Å². The third-order valence-electron chi connectivity index (χ3n) is 9.24. The molecule has 0 amide bonds. The van der Waals surface area contributed by atoms with Crippen LogP contribution < -0.4 is 4.74 Å². The van der Waals surface area contributed by atoms with E-state index in [1.165, 1.54) is 77.0 Å². The van der Waals surface area contributed by atoms with Crippen LogP contribution in [0.2, 0.25) is 0 Å². The summed E-state index contributed by atoms with van der Waals surface area (Å²) in [5, 5.41) is 0. The number of ether oxygens (including phenoxy) is 1. The van der Waals surface area contributed by atoms with Crippen LogP contribution in [-0.2, 0) is 0 Å². The second-order valence-electron chi connectivity index (χ2n) is 11.3. The maximum Gasteiger partial charge on any atom is 0.200 e. The molecule has 3 aliphatic carbocycles. The van der Waals surface area contributed by atoms with Crippen molar-refractivity contribution < 1.29 is 13.5 Å². The van der Waals surface area contributed by atoms with Crippen molar-refractivity contribution in [2.24, 2.45) is 29.6 Å². The van der Waals surface area contributed by atoms with Crippen LogP contribution >= 0.6 is 0 Å². The molecule has 0 radical (unpaired) electrons. The molecule has 1 nitrogen and oxygen atoms in total. The predicted molar refractivity (Wildman–Crippen MR) is 133 cm³/mol. The lowest BCUT2D eigenvalue weighted by atomic mass is 9.63. The Kier molecular flexibility index (Phi) is 8.88. The van der Waals surface area contributed by atoms with E-state index in [2.05, 4.69) is 13.5 Å². The molecule has 0 aromatic heterocycles. The van der Waals surface area contributed by atoms with Crippen LogP contribution in [-0.4, -0.2) is 6.61 Å². The minimum Gasteiger partial charge on any atom is -0.486 e. The summed E-state index contributed by atoms with van der Waals surface area (Å²) in [6.07, 6.45) is 20.2. The zero-order chi connectivity index (χ0) is 23.2. The SMILES string of the molecule is C=CCOc1ccc(C2CCC3CC(CCC4CCC(CCC)CC4)CCC3C2)c(F)c1F. The van der Waals surface area contributed by atoms with Gasteiger partial charge in [0.05, 0.1) is 0 Å². The van der Waals surface area contributed by atoms with Crippen molar-refractivity contribution in [1.29, 1.82) is 0 Å². The van der Waals surface area contributed by atoms with Gasteiger partial charge in [-0.15, -0.1) is 0 Å². The molecular weight excluding hydrogens is 414 g/mol. The van der Waals surface area contributed by atoms with E-state index in [1.54, 1.807) is 18.2 Å². The third kappa shape index (κ3) is 6.20. The Morgan fingerprint density at radius 3 is 2.18 bits per heavy atom. The lowest BCUT2D eigenvalue weighted by Crippen LogP contribution is -2.31. The average molecular weight is 459 g/mol. The number of fused-ring (bicyclic) bond motifs is 1. The van der Waals surface area contributed by atoms with Crippen LogP contribution in [0.1, 0.15) is 108 Å². The first-order valence-electron chi connectivity index (χ1n) is 13.8. The maximum atomic E-state index is 14.8. The molecular formula is C30H44F2O. The zero-order valence-electron chi connectivity index (χ0n) is 20.7. The fourth-order valence-electron chi connectivity index (χ4n) is 7.34. The number of rotatable bonds is 9. The Labute approximate surface area is 200 Å². The van der Waals surface area contributed by atoms with Gasteiger partial charge in [0.15, 0.2) is 11.6 Å². The minimum absolute atomic E-state index is 0.0100. The standard InChI is InChI=1S/C30H44F2O/c1-3-5-21-6-8-22(9-7-21)10-11-23-12-13-25-20-26(15-14-24(25)19-23)27-16-17-28(33-18-4-2)30(32)29(27)31/h4,16-17,21-26H,2-3,5-15,18-20H2,1H3. The molecule has 0 saturated heterocycles. The molecule has 1 aromatic rings. The number of hydrogen-bond acceptors (Lipinski definition) is 1. The molecule has 4 atom stereocenters. The Morgan fingerprint density at radius 1 is 0.818 bits per heavy atom. The van der Waals surface area contributed by atoms with E-state index in [1.807, 2.05) is 0 Å². The van der Waals surface area contributed by atoms with E-state index < -0.39 is 11.6 Å². The van der Waals surface area contributed by atoms with E-state index in [0.717, 1.165) is 36.5 Å². The number of hydrogen-bond donors (Lipinski definition) is 0. The fourth-order valence-corrected chi connectivity index (χ4v) is 7.34. The van der Waals surface area contributed by atoms with Gasteiger partial charge in [-0.1, -0.05) is 83.4 Å². The highest BCUT2D eigenvalue weighted by Gasteiger charge is 2.37. The number of benzene rings is 1. The van der Waals surface area contributed by atoms with Gasteiger partial charge in [0, 0.05) is 0 Å². The maximum absolute atomic E-state index is 14.8. The molecule has 4 unspecified atom stereocenters. The van der Waals surface area contributed by atoms with Gasteiger partial charge >= 0.3 is 0 Å². The molecule has 184 valence electrons. The summed E-state index contributed by atoms with van der Waals surface area (Å²) in [5.74, 6) is 2.94. The monoisotopic (exact) mass is 458 g/mol. The predicted octanol–water partition coefficient (Wildman–Crippen LogP) is 9.22. The van der Waals surface area contributed by atoms with Crippen molar-refractivity contribution in [2.45, 2.75) is 103 Å². The quantitative estimate of drug-likeness (QED) is 0.335. The Bertz CT molecular complexity index is 767.